The van der Waals surface area contributed by atoms with Gasteiger partial charge in [0.15, 0.2) is 0 Å². The molecule has 0 bridgehead atoms. The second kappa shape index (κ2) is 7.59. The van der Waals surface area contributed by atoms with Gasteiger partial charge in [0, 0.05) is 45.8 Å². The van der Waals surface area contributed by atoms with Crippen molar-refractivity contribution in [1.29, 1.82) is 0 Å². The number of aliphatic hydroxyl groups excluding tert-OH is 1. The Kier molecular flexibility index (Phi) is 5.79. The predicted octanol–water partition coefficient (Wildman–Crippen LogP) is -0.474. The van der Waals surface area contributed by atoms with E-state index in [1.807, 2.05) is 0 Å². The first kappa shape index (κ1) is 15.3. The van der Waals surface area contributed by atoms with E-state index in [1.165, 1.54) is 0 Å². The normalized spacial score (nSPS) is 21.6. The highest BCUT2D eigenvalue weighted by atomic mass is 16.3. The molecule has 0 spiro atoms. The summed E-state index contributed by atoms with van der Waals surface area (Å²) in [4.78, 5) is 30.0. The Labute approximate surface area is 120 Å². The first-order valence-corrected chi connectivity index (χ1v) is 7.64. The number of β-amino-alcohol motifs (C(OH)–C–C–N with tert-alkyl or cyclic N) is 1. The van der Waals surface area contributed by atoms with Crippen LogP contribution in [-0.4, -0.2) is 84.0 Å². The third-order valence-corrected chi connectivity index (χ3v) is 4.15. The van der Waals surface area contributed by atoms with E-state index in [2.05, 4.69) is 4.90 Å². The number of carbonyl (C=O) groups is 2. The maximum Gasteiger partial charge on any atom is 0.312 e. The number of hydrogen-bond acceptors (Lipinski definition) is 4. The van der Waals surface area contributed by atoms with Crippen LogP contribution in [-0.2, 0) is 9.59 Å². The fraction of sp³-hybridized carbons (Fsp3) is 0.857. The molecule has 0 saturated carbocycles. The van der Waals surface area contributed by atoms with Crippen molar-refractivity contribution in [2.45, 2.75) is 25.7 Å². The molecule has 0 aromatic heterocycles. The number of piperazine rings is 1. The highest BCUT2D eigenvalue weighted by Gasteiger charge is 2.29. The Balaban J connectivity index is 1.83. The lowest BCUT2D eigenvalue weighted by Gasteiger charge is -2.34. The summed E-state index contributed by atoms with van der Waals surface area (Å²) in [6, 6.07) is 0. The fourth-order valence-electron chi connectivity index (χ4n) is 2.86. The Morgan fingerprint density at radius 1 is 0.750 bits per heavy atom. The lowest BCUT2D eigenvalue weighted by Crippen LogP contribution is -2.53. The van der Waals surface area contributed by atoms with Crippen LogP contribution in [0.1, 0.15) is 25.7 Å². The summed E-state index contributed by atoms with van der Waals surface area (Å²) in [5.41, 5.74) is 0. The van der Waals surface area contributed by atoms with E-state index >= 15 is 0 Å². The van der Waals surface area contributed by atoms with Gasteiger partial charge in [-0.15, -0.1) is 0 Å². The summed E-state index contributed by atoms with van der Waals surface area (Å²) in [6.07, 6.45) is 4.31. The summed E-state index contributed by atoms with van der Waals surface area (Å²) in [7, 11) is 0. The van der Waals surface area contributed by atoms with E-state index in [4.69, 9.17) is 5.11 Å². The van der Waals surface area contributed by atoms with Crippen molar-refractivity contribution in [3.63, 3.8) is 0 Å². The third-order valence-electron chi connectivity index (χ3n) is 4.15. The topological polar surface area (TPSA) is 64.1 Å². The quantitative estimate of drug-likeness (QED) is 0.696. The van der Waals surface area contributed by atoms with Gasteiger partial charge in [-0.1, -0.05) is 12.8 Å². The largest absolute Gasteiger partial charge is 0.395 e. The van der Waals surface area contributed by atoms with Gasteiger partial charge in [0.25, 0.3) is 0 Å². The van der Waals surface area contributed by atoms with E-state index in [-0.39, 0.29) is 18.4 Å². The molecule has 6 heteroatoms. The van der Waals surface area contributed by atoms with Crippen LogP contribution < -0.4 is 0 Å². The summed E-state index contributed by atoms with van der Waals surface area (Å²) in [5, 5.41) is 8.90. The fourth-order valence-corrected chi connectivity index (χ4v) is 2.86. The SMILES string of the molecule is O=C(C(=O)N1CCN(CCO)CC1)N1CCCCCC1. The molecule has 2 fully saturated rings. The molecule has 6 nitrogen and oxygen atoms in total. The lowest BCUT2D eigenvalue weighted by atomic mass is 10.2. The van der Waals surface area contributed by atoms with Crippen LogP contribution in [0, 0.1) is 0 Å². The van der Waals surface area contributed by atoms with Crippen molar-refractivity contribution in [2.24, 2.45) is 0 Å². The maximum absolute atomic E-state index is 12.2. The van der Waals surface area contributed by atoms with Gasteiger partial charge in [-0.3, -0.25) is 14.5 Å². The van der Waals surface area contributed by atoms with Gasteiger partial charge in [0.2, 0.25) is 0 Å². The average Bonchev–Trinajstić information content (AvgIpc) is 2.76. The highest BCUT2D eigenvalue weighted by Crippen LogP contribution is 2.11. The van der Waals surface area contributed by atoms with Crippen LogP contribution >= 0.6 is 0 Å². The molecule has 20 heavy (non-hydrogen) atoms. The van der Waals surface area contributed by atoms with Crippen LogP contribution in [0.15, 0.2) is 0 Å². The van der Waals surface area contributed by atoms with Crippen molar-refractivity contribution >= 4 is 11.8 Å². The zero-order valence-corrected chi connectivity index (χ0v) is 12.1. The monoisotopic (exact) mass is 283 g/mol. The first-order chi connectivity index (χ1) is 9.72. The molecule has 2 aliphatic heterocycles. The van der Waals surface area contributed by atoms with Crippen LogP contribution in [0.25, 0.3) is 0 Å². The Hall–Kier alpha value is -1.14. The zero-order chi connectivity index (χ0) is 14.4. The summed E-state index contributed by atoms with van der Waals surface area (Å²) >= 11 is 0. The minimum Gasteiger partial charge on any atom is -0.395 e. The van der Waals surface area contributed by atoms with Crippen LogP contribution in [0.3, 0.4) is 0 Å². The predicted molar refractivity (Wildman–Crippen MR) is 75.2 cm³/mol. The van der Waals surface area contributed by atoms with E-state index in [0.717, 1.165) is 51.9 Å². The van der Waals surface area contributed by atoms with Crippen LogP contribution in [0.2, 0.25) is 0 Å². The van der Waals surface area contributed by atoms with Crippen LogP contribution in [0.4, 0.5) is 0 Å². The maximum atomic E-state index is 12.2. The molecule has 1 N–H and O–H groups in total. The molecule has 0 atom stereocenters. The molecule has 2 heterocycles. The third kappa shape index (κ3) is 3.93. The van der Waals surface area contributed by atoms with Crippen molar-refractivity contribution in [3.8, 4) is 0 Å². The van der Waals surface area contributed by atoms with Crippen molar-refractivity contribution in [2.75, 3.05) is 52.4 Å². The van der Waals surface area contributed by atoms with Gasteiger partial charge in [-0.05, 0) is 12.8 Å². The Bertz CT molecular complexity index is 333. The van der Waals surface area contributed by atoms with E-state index in [0.29, 0.717) is 19.6 Å². The number of carbonyl (C=O) groups excluding carboxylic acids is 2. The minimum atomic E-state index is -0.351. The molecule has 0 aromatic rings. The molecule has 0 radical (unpaired) electrons. The second-order valence-electron chi connectivity index (χ2n) is 5.56. The molecule has 2 saturated heterocycles. The smallest absolute Gasteiger partial charge is 0.312 e. The van der Waals surface area contributed by atoms with Crippen molar-refractivity contribution in [1.82, 2.24) is 14.7 Å². The number of rotatable bonds is 2. The summed E-state index contributed by atoms with van der Waals surface area (Å²) < 4.78 is 0. The average molecular weight is 283 g/mol. The number of amides is 2. The van der Waals surface area contributed by atoms with Crippen molar-refractivity contribution in [3.05, 3.63) is 0 Å². The molecular formula is C14H25N3O3. The molecule has 2 amide bonds. The van der Waals surface area contributed by atoms with Gasteiger partial charge in [0.1, 0.15) is 0 Å². The summed E-state index contributed by atoms with van der Waals surface area (Å²) in [6.45, 7) is 4.85. The van der Waals surface area contributed by atoms with E-state index in [9.17, 15) is 9.59 Å². The molecule has 0 aromatic carbocycles. The van der Waals surface area contributed by atoms with Gasteiger partial charge >= 0.3 is 11.8 Å². The second-order valence-corrected chi connectivity index (χ2v) is 5.56. The minimum absolute atomic E-state index is 0.140. The van der Waals surface area contributed by atoms with E-state index in [1.54, 1.807) is 9.80 Å². The Morgan fingerprint density at radius 2 is 1.25 bits per heavy atom. The van der Waals surface area contributed by atoms with E-state index < -0.39 is 0 Å². The van der Waals surface area contributed by atoms with Gasteiger partial charge in [0.05, 0.1) is 6.61 Å². The number of nitrogens with zero attached hydrogens (tertiary/aromatic N) is 3. The first-order valence-electron chi connectivity index (χ1n) is 7.64. The Morgan fingerprint density at radius 3 is 1.75 bits per heavy atom. The molecule has 2 aliphatic rings. The lowest BCUT2D eigenvalue weighted by molar-refractivity contribution is -0.152. The number of hydrogen-bond donors (Lipinski definition) is 1. The van der Waals surface area contributed by atoms with Gasteiger partial charge in [-0.2, -0.15) is 0 Å². The number of likely N-dealkylation sites (tertiary alicyclic amines) is 1. The summed E-state index contributed by atoms with van der Waals surface area (Å²) in [5.74, 6) is -0.682. The molecule has 2 rings (SSSR count). The zero-order valence-electron chi connectivity index (χ0n) is 12.1. The van der Waals surface area contributed by atoms with Gasteiger partial charge in [-0.25, -0.2) is 0 Å². The highest BCUT2D eigenvalue weighted by molar-refractivity contribution is 6.34. The van der Waals surface area contributed by atoms with Gasteiger partial charge < -0.3 is 14.9 Å². The molecular weight excluding hydrogens is 258 g/mol. The number of aliphatic hydroxyl groups is 1. The molecule has 0 unspecified atom stereocenters. The standard InChI is InChI=1S/C14H25N3O3/c18-12-11-15-7-9-17(10-8-15)14(20)13(19)16-5-3-1-2-4-6-16/h18H,1-12H2. The molecule has 0 aliphatic carbocycles. The molecule has 114 valence electrons. The van der Waals surface area contributed by atoms with Crippen LogP contribution in [0.5, 0.6) is 0 Å². The van der Waals surface area contributed by atoms with Crippen molar-refractivity contribution < 1.29 is 14.7 Å².